The van der Waals surface area contributed by atoms with Crippen LogP contribution in [-0.2, 0) is 4.79 Å². The van der Waals surface area contributed by atoms with E-state index in [2.05, 4.69) is 25.7 Å². The van der Waals surface area contributed by atoms with Gasteiger partial charge in [-0.3, -0.25) is 10.1 Å². The number of carbonyl (C=O) groups excluding carboxylic acids is 2. The van der Waals surface area contributed by atoms with E-state index in [0.717, 1.165) is 31.4 Å². The molecule has 2 N–H and O–H groups in total. The highest BCUT2D eigenvalue weighted by atomic mass is 16.5. The Labute approximate surface area is 179 Å². The van der Waals surface area contributed by atoms with Crippen LogP contribution in [-0.4, -0.2) is 47.6 Å². The Hall–Kier alpha value is -3.69. The van der Waals surface area contributed by atoms with E-state index >= 15 is 0 Å². The largest absolute Gasteiger partial charge is 0.497 e. The van der Waals surface area contributed by atoms with E-state index in [1.807, 2.05) is 0 Å². The molecule has 1 atom stereocenters. The van der Waals surface area contributed by atoms with Gasteiger partial charge in [0.15, 0.2) is 0 Å². The Bertz CT molecular complexity index is 1070. The van der Waals surface area contributed by atoms with Crippen LogP contribution in [0.2, 0.25) is 0 Å². The predicted octanol–water partition coefficient (Wildman–Crippen LogP) is 3.23. The summed E-state index contributed by atoms with van der Waals surface area (Å²) in [5, 5.41) is 9.85. The number of aromatic nitrogens is 2. The van der Waals surface area contributed by atoms with Crippen LogP contribution < -0.4 is 20.1 Å². The second-order valence-corrected chi connectivity index (χ2v) is 7.41. The minimum Gasteiger partial charge on any atom is -0.497 e. The van der Waals surface area contributed by atoms with Gasteiger partial charge in [0.2, 0.25) is 0 Å². The van der Waals surface area contributed by atoms with E-state index in [9.17, 15) is 9.59 Å². The standard InChI is InChI=1S/C21H24N6O4/c1-12-8-18(24-21(29)22-13-9-14(30-2)11-15(10-13)31-3)27(26-12)20-23-17-7-5-4-6-16(17)19(28)25-20/h8-11,16H,4-7H2,1-3H3,(H2,22,24,29). The smallest absolute Gasteiger partial charge is 0.324 e. The maximum Gasteiger partial charge on any atom is 0.324 e. The first-order chi connectivity index (χ1) is 15.0. The van der Waals surface area contributed by atoms with Gasteiger partial charge in [-0.15, -0.1) is 0 Å². The molecule has 10 nitrogen and oxygen atoms in total. The van der Waals surface area contributed by atoms with Crippen molar-refractivity contribution in [1.29, 1.82) is 0 Å². The summed E-state index contributed by atoms with van der Waals surface area (Å²) in [5.41, 5.74) is 1.99. The monoisotopic (exact) mass is 424 g/mol. The van der Waals surface area contributed by atoms with E-state index in [-0.39, 0.29) is 17.8 Å². The zero-order chi connectivity index (χ0) is 22.0. The van der Waals surface area contributed by atoms with Crippen LogP contribution >= 0.6 is 0 Å². The van der Waals surface area contributed by atoms with Gasteiger partial charge < -0.3 is 14.8 Å². The Kier molecular flexibility index (Phi) is 5.70. The zero-order valence-electron chi connectivity index (χ0n) is 17.6. The fourth-order valence-electron chi connectivity index (χ4n) is 3.72. The third-order valence-electron chi connectivity index (χ3n) is 5.20. The molecule has 0 spiro atoms. The normalized spacial score (nSPS) is 17.9. The fraction of sp³-hybridized carbons (Fsp3) is 0.381. The number of rotatable bonds is 4. The van der Waals surface area contributed by atoms with E-state index in [4.69, 9.17) is 9.47 Å². The Morgan fingerprint density at radius 2 is 1.81 bits per heavy atom. The number of anilines is 2. The summed E-state index contributed by atoms with van der Waals surface area (Å²) in [7, 11) is 3.06. The number of nitrogens with zero attached hydrogens (tertiary/aromatic N) is 4. The first kappa shape index (κ1) is 20.6. The van der Waals surface area contributed by atoms with Crippen LogP contribution in [0.4, 0.5) is 16.3 Å². The van der Waals surface area contributed by atoms with Crippen molar-refractivity contribution in [3.05, 3.63) is 30.0 Å². The molecule has 31 heavy (non-hydrogen) atoms. The minimum absolute atomic E-state index is 0.171. The minimum atomic E-state index is -0.498. The molecule has 2 aliphatic rings. The van der Waals surface area contributed by atoms with Gasteiger partial charge in [-0.1, -0.05) is 6.42 Å². The lowest BCUT2D eigenvalue weighted by Crippen LogP contribution is -2.34. The number of nitrogens with one attached hydrogen (secondary N) is 2. The number of aryl methyl sites for hydroxylation is 1. The molecule has 0 radical (unpaired) electrons. The van der Waals surface area contributed by atoms with Gasteiger partial charge in [-0.25, -0.2) is 9.79 Å². The lowest BCUT2D eigenvalue weighted by atomic mass is 9.86. The first-order valence-corrected chi connectivity index (χ1v) is 10.0. The second kappa shape index (κ2) is 8.58. The van der Waals surface area contributed by atoms with Gasteiger partial charge >= 0.3 is 6.03 Å². The van der Waals surface area contributed by atoms with E-state index in [0.29, 0.717) is 28.7 Å². The molecule has 1 aromatic carbocycles. The number of carbonyl (C=O) groups is 2. The number of benzene rings is 1. The lowest BCUT2D eigenvalue weighted by Gasteiger charge is -2.24. The molecule has 1 fully saturated rings. The average molecular weight is 424 g/mol. The van der Waals surface area contributed by atoms with Crippen LogP contribution in [0.3, 0.4) is 0 Å². The van der Waals surface area contributed by atoms with Gasteiger partial charge in [0.1, 0.15) is 17.3 Å². The lowest BCUT2D eigenvalue weighted by molar-refractivity contribution is -0.120. The highest BCUT2D eigenvalue weighted by Gasteiger charge is 2.32. The molecule has 1 aliphatic carbocycles. The van der Waals surface area contributed by atoms with Crippen molar-refractivity contribution in [1.82, 2.24) is 9.78 Å². The number of aliphatic imine (C=N–C) groups is 2. The van der Waals surface area contributed by atoms with Gasteiger partial charge in [-0.2, -0.15) is 14.8 Å². The topological polar surface area (TPSA) is 119 Å². The number of hydrogen-bond donors (Lipinski definition) is 2. The number of urea groups is 1. The number of hydrogen-bond acceptors (Lipinski definition) is 6. The molecule has 162 valence electrons. The molecular weight excluding hydrogens is 400 g/mol. The summed E-state index contributed by atoms with van der Waals surface area (Å²) in [6, 6.07) is 6.24. The summed E-state index contributed by atoms with van der Waals surface area (Å²) < 4.78 is 11.8. The van der Waals surface area contributed by atoms with Crippen LogP contribution in [0.1, 0.15) is 31.4 Å². The van der Waals surface area contributed by atoms with Crippen LogP contribution in [0.5, 0.6) is 11.5 Å². The highest BCUT2D eigenvalue weighted by molar-refractivity contribution is 6.16. The summed E-state index contributed by atoms with van der Waals surface area (Å²) in [4.78, 5) is 33.8. The van der Waals surface area contributed by atoms with Gasteiger partial charge in [0.25, 0.3) is 11.9 Å². The third-order valence-corrected chi connectivity index (χ3v) is 5.20. The number of ether oxygens (including phenoxy) is 2. The Morgan fingerprint density at radius 1 is 1.06 bits per heavy atom. The van der Waals surface area contributed by atoms with E-state index in [1.165, 1.54) is 18.9 Å². The molecule has 4 rings (SSSR count). The zero-order valence-corrected chi connectivity index (χ0v) is 17.6. The third kappa shape index (κ3) is 4.42. The van der Waals surface area contributed by atoms with Crippen LogP contribution in [0.15, 0.2) is 34.3 Å². The Morgan fingerprint density at radius 3 is 2.52 bits per heavy atom. The van der Waals surface area contributed by atoms with E-state index in [1.54, 1.807) is 31.2 Å². The van der Waals surface area contributed by atoms with Crippen molar-refractivity contribution in [3.8, 4) is 11.5 Å². The summed E-state index contributed by atoms with van der Waals surface area (Å²) in [6.07, 6.45) is 3.56. The van der Waals surface area contributed by atoms with Crippen LogP contribution in [0, 0.1) is 12.8 Å². The molecule has 1 saturated carbocycles. The number of fused-ring (bicyclic) bond motifs is 1. The first-order valence-electron chi connectivity index (χ1n) is 10.0. The maximum absolute atomic E-state index is 12.6. The van der Waals surface area contributed by atoms with Crippen molar-refractivity contribution >= 4 is 35.1 Å². The average Bonchev–Trinajstić information content (AvgIpc) is 3.13. The number of amides is 3. The summed E-state index contributed by atoms with van der Waals surface area (Å²) in [6.45, 7) is 1.79. The molecular formula is C21H24N6O4. The van der Waals surface area contributed by atoms with Crippen LogP contribution in [0.25, 0.3) is 0 Å². The number of methoxy groups -OCH3 is 2. The summed E-state index contributed by atoms with van der Waals surface area (Å²) in [5.74, 6) is 1.19. The molecule has 2 aromatic rings. The summed E-state index contributed by atoms with van der Waals surface area (Å²) >= 11 is 0. The molecule has 3 amide bonds. The SMILES string of the molecule is COc1cc(NC(=O)Nc2cc(C)nn2C2=NC(=O)C3CCCCC3=N2)cc(OC)c1. The van der Waals surface area contributed by atoms with Gasteiger partial charge in [-0.05, 0) is 26.2 Å². The molecule has 1 aliphatic heterocycles. The fourth-order valence-corrected chi connectivity index (χ4v) is 3.72. The quantitative estimate of drug-likeness (QED) is 0.781. The molecule has 1 aromatic heterocycles. The predicted molar refractivity (Wildman–Crippen MR) is 116 cm³/mol. The van der Waals surface area contributed by atoms with Gasteiger partial charge in [0, 0.05) is 35.7 Å². The van der Waals surface area contributed by atoms with Crippen molar-refractivity contribution in [2.75, 3.05) is 24.9 Å². The van der Waals surface area contributed by atoms with Crippen molar-refractivity contribution in [2.24, 2.45) is 15.9 Å². The van der Waals surface area contributed by atoms with Crippen molar-refractivity contribution in [3.63, 3.8) is 0 Å². The van der Waals surface area contributed by atoms with Crippen molar-refractivity contribution in [2.45, 2.75) is 32.6 Å². The molecule has 0 saturated heterocycles. The molecule has 0 bridgehead atoms. The molecule has 2 heterocycles. The second-order valence-electron chi connectivity index (χ2n) is 7.41. The van der Waals surface area contributed by atoms with Crippen molar-refractivity contribution < 1.29 is 19.1 Å². The highest BCUT2D eigenvalue weighted by Crippen LogP contribution is 2.27. The Balaban J connectivity index is 1.55. The van der Waals surface area contributed by atoms with E-state index < -0.39 is 6.03 Å². The van der Waals surface area contributed by atoms with Gasteiger partial charge in [0.05, 0.1) is 25.8 Å². The molecule has 10 heteroatoms. The molecule has 1 unspecified atom stereocenters. The maximum atomic E-state index is 12.6.